The van der Waals surface area contributed by atoms with Crippen LogP contribution in [0.3, 0.4) is 0 Å². The Kier molecular flexibility index (Phi) is 8.30. The molecule has 3 unspecified atom stereocenters. The van der Waals surface area contributed by atoms with E-state index in [-0.39, 0.29) is 12.8 Å². The Morgan fingerprint density at radius 3 is 1.58 bits per heavy atom. The fraction of sp³-hybridized carbons (Fsp3) is 1.00. The molecule has 24 heavy (non-hydrogen) atoms. The summed E-state index contributed by atoms with van der Waals surface area (Å²) in [5, 5.41) is 0. The van der Waals surface area contributed by atoms with Gasteiger partial charge in [-0.25, -0.2) is 0 Å². The zero-order chi connectivity index (χ0) is 19.4. The molecule has 0 saturated carbocycles. The van der Waals surface area contributed by atoms with E-state index in [1.54, 1.807) is 20.8 Å². The largest absolute Gasteiger partial charge is 0.315 e. The summed E-state index contributed by atoms with van der Waals surface area (Å²) < 4.78 is 59.8. The van der Waals surface area contributed by atoms with Crippen molar-refractivity contribution in [2.24, 2.45) is 22.7 Å². The maximum absolute atomic E-state index is 15.0. The molecule has 0 nitrogen and oxygen atoms in total. The van der Waals surface area contributed by atoms with Gasteiger partial charge in [0.15, 0.2) is 0 Å². The van der Waals surface area contributed by atoms with Gasteiger partial charge in [0.25, 0.3) is 0 Å². The summed E-state index contributed by atoms with van der Waals surface area (Å²) in [5.74, 6) is -8.98. The Labute approximate surface area is 146 Å². The zero-order valence-electron chi connectivity index (χ0n) is 16.9. The standard InChI is InChI=1S/C20H38F4/c1-9-15(5)13-14-17(7,10-2)16(6)19(21,22)20(23,24)18(8,11-3)12-4/h15-16H,9-14H2,1-8H3. The molecule has 0 spiro atoms. The summed E-state index contributed by atoms with van der Waals surface area (Å²) in [5.41, 5.74) is -2.48. The summed E-state index contributed by atoms with van der Waals surface area (Å²) in [6.45, 7) is 13.5. The summed E-state index contributed by atoms with van der Waals surface area (Å²) in [4.78, 5) is 0. The quantitative estimate of drug-likeness (QED) is 0.330. The second-order valence-electron chi connectivity index (χ2n) is 8.25. The number of hydrogen-bond donors (Lipinski definition) is 0. The third-order valence-electron chi connectivity index (χ3n) is 7.04. The Morgan fingerprint density at radius 2 is 1.25 bits per heavy atom. The highest BCUT2D eigenvalue weighted by molar-refractivity contribution is 5.03. The van der Waals surface area contributed by atoms with Crippen molar-refractivity contribution in [3.8, 4) is 0 Å². The summed E-state index contributed by atoms with van der Waals surface area (Å²) >= 11 is 0. The Morgan fingerprint density at radius 1 is 0.792 bits per heavy atom. The van der Waals surface area contributed by atoms with Crippen LogP contribution in [0.15, 0.2) is 0 Å². The molecule has 0 N–H and O–H groups in total. The third-order valence-corrected chi connectivity index (χ3v) is 7.04. The van der Waals surface area contributed by atoms with E-state index in [9.17, 15) is 8.78 Å². The Hall–Kier alpha value is -0.280. The molecule has 0 aromatic carbocycles. The van der Waals surface area contributed by atoms with Gasteiger partial charge in [-0.05, 0) is 30.6 Å². The molecule has 0 amide bonds. The molecule has 3 atom stereocenters. The van der Waals surface area contributed by atoms with E-state index in [2.05, 4.69) is 13.8 Å². The van der Waals surface area contributed by atoms with E-state index in [0.29, 0.717) is 18.8 Å². The number of rotatable bonds is 11. The molecule has 4 heteroatoms. The smallest absolute Gasteiger partial charge is 0.200 e. The topological polar surface area (TPSA) is 0 Å². The van der Waals surface area contributed by atoms with Crippen molar-refractivity contribution in [2.75, 3.05) is 0 Å². The van der Waals surface area contributed by atoms with Crippen LogP contribution < -0.4 is 0 Å². The lowest BCUT2D eigenvalue weighted by molar-refractivity contribution is -0.299. The average Bonchev–Trinajstić information content (AvgIpc) is 2.57. The minimum Gasteiger partial charge on any atom is -0.200 e. The van der Waals surface area contributed by atoms with Crippen LogP contribution in [-0.4, -0.2) is 11.8 Å². The van der Waals surface area contributed by atoms with Crippen molar-refractivity contribution in [1.82, 2.24) is 0 Å². The first-order valence-corrected chi connectivity index (χ1v) is 9.55. The van der Waals surface area contributed by atoms with Crippen LogP contribution in [0, 0.1) is 22.7 Å². The molecule has 0 rings (SSSR count). The summed E-state index contributed by atoms with van der Waals surface area (Å²) in [6.07, 6.45) is 2.88. The molecule has 0 fully saturated rings. The minimum atomic E-state index is -4.02. The molecular weight excluding hydrogens is 316 g/mol. The van der Waals surface area contributed by atoms with Gasteiger partial charge in [-0.3, -0.25) is 0 Å². The van der Waals surface area contributed by atoms with Crippen molar-refractivity contribution < 1.29 is 17.6 Å². The van der Waals surface area contributed by atoms with E-state index >= 15 is 8.78 Å². The van der Waals surface area contributed by atoms with Gasteiger partial charge in [0.05, 0.1) is 0 Å². The van der Waals surface area contributed by atoms with Crippen LogP contribution in [0.5, 0.6) is 0 Å². The van der Waals surface area contributed by atoms with Gasteiger partial charge in [0, 0.05) is 11.3 Å². The van der Waals surface area contributed by atoms with Gasteiger partial charge in [0.1, 0.15) is 0 Å². The molecule has 0 radical (unpaired) electrons. The average molecular weight is 355 g/mol. The van der Waals surface area contributed by atoms with Crippen LogP contribution in [-0.2, 0) is 0 Å². The molecular formula is C20H38F4. The molecule has 0 aliphatic rings. The van der Waals surface area contributed by atoms with Crippen LogP contribution in [0.2, 0.25) is 0 Å². The first-order chi connectivity index (χ1) is 10.8. The van der Waals surface area contributed by atoms with Gasteiger partial charge < -0.3 is 0 Å². The Balaban J connectivity index is 5.64. The number of hydrogen-bond acceptors (Lipinski definition) is 0. The second kappa shape index (κ2) is 8.40. The highest BCUT2D eigenvalue weighted by Crippen LogP contribution is 2.58. The van der Waals surface area contributed by atoms with Crippen molar-refractivity contribution in [3.63, 3.8) is 0 Å². The first-order valence-electron chi connectivity index (χ1n) is 9.55. The van der Waals surface area contributed by atoms with E-state index in [1.807, 2.05) is 6.92 Å². The minimum absolute atomic E-state index is 0.0362. The fourth-order valence-electron chi connectivity index (χ4n) is 3.29. The van der Waals surface area contributed by atoms with Gasteiger partial charge in [-0.1, -0.05) is 74.7 Å². The SMILES string of the molecule is CCC(C)CCC(C)(CC)C(C)C(F)(F)C(F)(F)C(C)(CC)CC. The maximum atomic E-state index is 15.0. The van der Waals surface area contributed by atoms with E-state index < -0.39 is 28.6 Å². The van der Waals surface area contributed by atoms with E-state index in [0.717, 1.165) is 12.8 Å². The van der Waals surface area contributed by atoms with Gasteiger partial charge in [0.2, 0.25) is 0 Å². The van der Waals surface area contributed by atoms with Crippen molar-refractivity contribution in [3.05, 3.63) is 0 Å². The van der Waals surface area contributed by atoms with Crippen molar-refractivity contribution >= 4 is 0 Å². The maximum Gasteiger partial charge on any atom is 0.315 e. The van der Waals surface area contributed by atoms with Gasteiger partial charge in [-0.15, -0.1) is 0 Å². The van der Waals surface area contributed by atoms with E-state index in [4.69, 9.17) is 0 Å². The highest BCUT2D eigenvalue weighted by atomic mass is 19.3. The van der Waals surface area contributed by atoms with Crippen LogP contribution >= 0.6 is 0 Å². The number of halogens is 4. The normalized spacial score (nSPS) is 19.0. The lowest BCUT2D eigenvalue weighted by Crippen LogP contribution is -2.58. The predicted molar refractivity (Wildman–Crippen MR) is 94.8 cm³/mol. The molecule has 0 aromatic heterocycles. The Bertz CT molecular complexity index is 374. The lowest BCUT2D eigenvalue weighted by atomic mass is 9.64. The molecule has 0 aliphatic carbocycles. The summed E-state index contributed by atoms with van der Waals surface area (Å²) in [6, 6.07) is 0. The first kappa shape index (κ1) is 23.7. The lowest BCUT2D eigenvalue weighted by Gasteiger charge is -2.47. The fourth-order valence-corrected chi connectivity index (χ4v) is 3.29. The predicted octanol–water partition coefficient (Wildman–Crippen LogP) is 7.96. The van der Waals surface area contributed by atoms with Crippen molar-refractivity contribution in [2.45, 2.75) is 106 Å². The zero-order valence-corrected chi connectivity index (χ0v) is 16.9. The van der Waals surface area contributed by atoms with Gasteiger partial charge >= 0.3 is 11.8 Å². The van der Waals surface area contributed by atoms with Crippen LogP contribution in [0.4, 0.5) is 17.6 Å². The number of alkyl halides is 4. The summed E-state index contributed by atoms with van der Waals surface area (Å²) in [7, 11) is 0. The molecule has 0 saturated heterocycles. The molecule has 146 valence electrons. The molecule has 0 heterocycles. The monoisotopic (exact) mass is 354 g/mol. The van der Waals surface area contributed by atoms with Gasteiger partial charge in [-0.2, -0.15) is 17.6 Å². The van der Waals surface area contributed by atoms with Crippen molar-refractivity contribution in [1.29, 1.82) is 0 Å². The highest BCUT2D eigenvalue weighted by Gasteiger charge is 2.68. The third kappa shape index (κ3) is 4.27. The van der Waals surface area contributed by atoms with Crippen LogP contribution in [0.25, 0.3) is 0 Å². The molecule has 0 aliphatic heterocycles. The molecule has 0 bridgehead atoms. The molecule has 0 aromatic rings. The second-order valence-corrected chi connectivity index (χ2v) is 8.25. The van der Waals surface area contributed by atoms with E-state index in [1.165, 1.54) is 13.8 Å². The van der Waals surface area contributed by atoms with Crippen LogP contribution in [0.1, 0.15) is 93.9 Å².